The molecule has 0 aliphatic rings. The molecule has 0 spiro atoms. The average molecular weight is 440 g/mol. The highest BCUT2D eigenvalue weighted by molar-refractivity contribution is 5.54. The average Bonchev–Trinajstić information content (AvgIpc) is 2.80. The van der Waals surface area contributed by atoms with E-state index in [0.29, 0.717) is 5.56 Å². The van der Waals surface area contributed by atoms with E-state index in [0.717, 1.165) is 0 Å². The quantitative estimate of drug-likeness (QED) is 0.287. The Labute approximate surface area is 179 Å². The zero-order valence-corrected chi connectivity index (χ0v) is 17.4. The number of hydrogen-bond donors (Lipinski definition) is 6. The van der Waals surface area contributed by atoms with Crippen LogP contribution in [-0.2, 0) is 0 Å². The third kappa shape index (κ3) is 5.49. The fourth-order valence-corrected chi connectivity index (χ4v) is 2.95. The minimum Gasteiger partial charge on any atom is -0.504 e. The van der Waals surface area contributed by atoms with Gasteiger partial charge >= 0.3 is 0 Å². The van der Waals surface area contributed by atoms with Crippen LogP contribution in [0.5, 0.6) is 28.7 Å². The van der Waals surface area contributed by atoms with Crippen LogP contribution in [0, 0.1) is 0 Å². The molecule has 6 N–H and O–H groups in total. The molecular formula is C21H28O10. The molecule has 0 aromatic heterocycles. The molecule has 0 saturated carbocycles. The van der Waals surface area contributed by atoms with Crippen LogP contribution in [0.3, 0.4) is 0 Å². The smallest absolute Gasteiger partial charge is 0.204 e. The maximum Gasteiger partial charge on any atom is 0.204 e. The standard InChI is InChI=1S/C21H28O10/c1-28-15-6-11(4-5-13(15)24)20(27)18(10-23)31-21-16(29-2)7-12(8-17(21)30-3)19(26)14(25)9-22/h4-8,14,18-20,22-27H,9-10H2,1-3H3/t14-,18-,19-,20+/m0/s1. The Bertz CT molecular complexity index is 831. The summed E-state index contributed by atoms with van der Waals surface area (Å²) in [6, 6.07) is 6.97. The molecule has 0 heterocycles. The molecule has 0 fully saturated rings. The molecule has 2 rings (SSSR count). The van der Waals surface area contributed by atoms with Crippen molar-refractivity contribution in [2.75, 3.05) is 34.5 Å². The third-order valence-corrected chi connectivity index (χ3v) is 4.72. The molecule has 2 aromatic carbocycles. The van der Waals surface area contributed by atoms with E-state index in [2.05, 4.69) is 0 Å². The first-order chi connectivity index (χ1) is 14.8. The largest absolute Gasteiger partial charge is 0.504 e. The highest BCUT2D eigenvalue weighted by Gasteiger charge is 2.28. The first-order valence-electron chi connectivity index (χ1n) is 9.36. The normalized spacial score (nSPS) is 15.0. The second-order valence-corrected chi connectivity index (χ2v) is 6.66. The van der Waals surface area contributed by atoms with Gasteiger partial charge in [0.15, 0.2) is 29.1 Å². The van der Waals surface area contributed by atoms with E-state index in [9.17, 15) is 25.5 Å². The molecule has 0 unspecified atom stereocenters. The summed E-state index contributed by atoms with van der Waals surface area (Å²) >= 11 is 0. The van der Waals surface area contributed by atoms with E-state index in [-0.39, 0.29) is 34.3 Å². The van der Waals surface area contributed by atoms with Crippen molar-refractivity contribution in [3.8, 4) is 28.7 Å². The first-order valence-corrected chi connectivity index (χ1v) is 9.36. The summed E-state index contributed by atoms with van der Waals surface area (Å²) in [5, 5.41) is 59.3. The molecule has 10 heteroatoms. The van der Waals surface area contributed by atoms with Gasteiger partial charge in [0, 0.05) is 0 Å². The van der Waals surface area contributed by atoms with Crippen LogP contribution in [0.25, 0.3) is 0 Å². The van der Waals surface area contributed by atoms with Gasteiger partial charge in [0.2, 0.25) is 5.75 Å². The maximum absolute atomic E-state index is 10.7. The number of phenols is 1. The number of rotatable bonds is 11. The molecule has 0 aliphatic carbocycles. The number of hydrogen-bond acceptors (Lipinski definition) is 10. The Hall–Kier alpha value is -2.76. The van der Waals surface area contributed by atoms with E-state index in [4.69, 9.17) is 24.1 Å². The van der Waals surface area contributed by atoms with Crippen LogP contribution >= 0.6 is 0 Å². The molecule has 31 heavy (non-hydrogen) atoms. The summed E-state index contributed by atoms with van der Waals surface area (Å²) in [6.07, 6.45) is -5.30. The number of benzene rings is 2. The second kappa shape index (κ2) is 11.0. The van der Waals surface area contributed by atoms with Gasteiger partial charge < -0.3 is 49.6 Å². The molecular weight excluding hydrogens is 412 g/mol. The third-order valence-electron chi connectivity index (χ3n) is 4.72. The van der Waals surface area contributed by atoms with Gasteiger partial charge in [0.1, 0.15) is 18.3 Å². The van der Waals surface area contributed by atoms with E-state index in [1.54, 1.807) is 0 Å². The molecule has 2 aromatic rings. The summed E-state index contributed by atoms with van der Waals surface area (Å²) in [6.45, 7) is -1.23. The first kappa shape index (κ1) is 24.5. The van der Waals surface area contributed by atoms with E-state index >= 15 is 0 Å². The van der Waals surface area contributed by atoms with Gasteiger partial charge in [-0.05, 0) is 35.4 Å². The summed E-state index contributed by atoms with van der Waals surface area (Å²) < 4.78 is 21.4. The van der Waals surface area contributed by atoms with Gasteiger partial charge in [-0.25, -0.2) is 0 Å². The van der Waals surface area contributed by atoms with Crippen LogP contribution in [0.15, 0.2) is 30.3 Å². The number of aliphatic hydroxyl groups is 5. The van der Waals surface area contributed by atoms with Crippen molar-refractivity contribution in [2.24, 2.45) is 0 Å². The van der Waals surface area contributed by atoms with Crippen molar-refractivity contribution < 1.29 is 49.6 Å². The zero-order valence-electron chi connectivity index (χ0n) is 17.4. The van der Waals surface area contributed by atoms with Gasteiger partial charge in [-0.2, -0.15) is 0 Å². The Morgan fingerprint density at radius 1 is 0.742 bits per heavy atom. The lowest BCUT2D eigenvalue weighted by Crippen LogP contribution is -2.29. The molecule has 4 atom stereocenters. The van der Waals surface area contributed by atoms with E-state index in [1.165, 1.54) is 51.7 Å². The lowest BCUT2D eigenvalue weighted by Gasteiger charge is -2.26. The highest BCUT2D eigenvalue weighted by Crippen LogP contribution is 2.42. The Balaban J connectivity index is 2.40. The predicted molar refractivity (Wildman–Crippen MR) is 109 cm³/mol. The van der Waals surface area contributed by atoms with Crippen molar-refractivity contribution in [1.29, 1.82) is 0 Å². The maximum atomic E-state index is 10.7. The van der Waals surface area contributed by atoms with Crippen LogP contribution < -0.4 is 18.9 Å². The minimum atomic E-state index is -1.42. The van der Waals surface area contributed by atoms with Crippen molar-refractivity contribution in [2.45, 2.75) is 24.4 Å². The highest BCUT2D eigenvalue weighted by atomic mass is 16.6. The van der Waals surface area contributed by atoms with Crippen molar-refractivity contribution in [3.05, 3.63) is 41.5 Å². The summed E-state index contributed by atoms with van der Waals surface area (Å²) in [5.74, 6) is 0.287. The molecule has 0 amide bonds. The lowest BCUT2D eigenvalue weighted by molar-refractivity contribution is -0.0158. The Kier molecular flexibility index (Phi) is 8.72. The Morgan fingerprint density at radius 3 is 1.77 bits per heavy atom. The lowest BCUT2D eigenvalue weighted by atomic mass is 10.0. The summed E-state index contributed by atoms with van der Waals surface area (Å²) in [5.41, 5.74) is 0.525. The Morgan fingerprint density at radius 2 is 1.29 bits per heavy atom. The van der Waals surface area contributed by atoms with E-state index < -0.39 is 37.6 Å². The fraction of sp³-hybridized carbons (Fsp3) is 0.429. The molecule has 10 nitrogen and oxygen atoms in total. The monoisotopic (exact) mass is 440 g/mol. The number of aromatic hydroxyl groups is 1. The number of ether oxygens (including phenoxy) is 4. The van der Waals surface area contributed by atoms with Crippen molar-refractivity contribution >= 4 is 0 Å². The second-order valence-electron chi connectivity index (χ2n) is 6.66. The van der Waals surface area contributed by atoms with Gasteiger partial charge in [-0.15, -0.1) is 0 Å². The van der Waals surface area contributed by atoms with Crippen LogP contribution in [-0.4, -0.2) is 77.4 Å². The molecule has 0 saturated heterocycles. The fourth-order valence-electron chi connectivity index (χ4n) is 2.95. The number of methoxy groups -OCH3 is 3. The summed E-state index contributed by atoms with van der Waals surface area (Å²) in [4.78, 5) is 0. The number of phenolic OH excluding ortho intramolecular Hbond substituents is 1. The molecule has 172 valence electrons. The summed E-state index contributed by atoms with van der Waals surface area (Å²) in [7, 11) is 4.05. The predicted octanol–water partition coefficient (Wildman–Crippen LogP) is 0.278. The number of aliphatic hydroxyl groups excluding tert-OH is 5. The SMILES string of the molecule is COc1cc([C@@H](O)[C@H](CO)Oc2c(OC)cc([C@H](O)[C@@H](O)CO)cc2OC)ccc1O. The van der Waals surface area contributed by atoms with Crippen LogP contribution in [0.1, 0.15) is 23.3 Å². The van der Waals surface area contributed by atoms with Crippen LogP contribution in [0.4, 0.5) is 0 Å². The molecule has 0 radical (unpaired) electrons. The van der Waals surface area contributed by atoms with Gasteiger partial charge in [-0.3, -0.25) is 0 Å². The van der Waals surface area contributed by atoms with Gasteiger partial charge in [0.05, 0.1) is 34.5 Å². The van der Waals surface area contributed by atoms with Crippen LogP contribution in [0.2, 0.25) is 0 Å². The molecule has 0 aliphatic heterocycles. The van der Waals surface area contributed by atoms with Crippen molar-refractivity contribution in [3.63, 3.8) is 0 Å². The van der Waals surface area contributed by atoms with Crippen molar-refractivity contribution in [1.82, 2.24) is 0 Å². The van der Waals surface area contributed by atoms with E-state index in [1.807, 2.05) is 0 Å². The zero-order chi connectivity index (χ0) is 23.1. The topological polar surface area (TPSA) is 158 Å². The minimum absolute atomic E-state index is 0.0447. The molecule has 0 bridgehead atoms. The van der Waals surface area contributed by atoms with Gasteiger partial charge in [0.25, 0.3) is 0 Å². The van der Waals surface area contributed by atoms with Gasteiger partial charge in [-0.1, -0.05) is 6.07 Å².